The van der Waals surface area contributed by atoms with Crippen molar-refractivity contribution in [3.63, 3.8) is 0 Å². The van der Waals surface area contributed by atoms with Crippen LogP contribution in [0.15, 0.2) is 108 Å². The van der Waals surface area contributed by atoms with Crippen LogP contribution >= 0.6 is 11.6 Å². The molecule has 37 heavy (non-hydrogen) atoms. The molecule has 0 unspecified atom stereocenters. The number of carbonyl (C=O) groups excluding carboxylic acids is 1. The molecule has 1 amide bonds. The molecule has 0 aliphatic rings. The van der Waals surface area contributed by atoms with Crippen LogP contribution in [-0.4, -0.2) is 18.9 Å². The number of anilines is 2. The average molecular weight is 530 g/mol. The van der Waals surface area contributed by atoms with Crippen LogP contribution in [0.3, 0.4) is 0 Å². The normalized spacial score (nSPS) is 11.4. The van der Waals surface area contributed by atoms with Gasteiger partial charge < -0.3 is 9.88 Å². The highest BCUT2D eigenvalue weighted by Crippen LogP contribution is 2.27. The molecule has 6 nitrogen and oxygen atoms in total. The summed E-state index contributed by atoms with van der Waals surface area (Å²) in [6.07, 6.45) is 0. The van der Waals surface area contributed by atoms with Crippen LogP contribution in [0, 0.1) is 6.92 Å². The van der Waals surface area contributed by atoms with Gasteiger partial charge in [-0.05, 0) is 73.2 Å². The Kier molecular flexibility index (Phi) is 6.74. The Balaban J connectivity index is 1.53. The van der Waals surface area contributed by atoms with E-state index in [2.05, 4.69) is 16.1 Å². The fourth-order valence-corrected chi connectivity index (χ4v) is 5.41. The van der Waals surface area contributed by atoms with Crippen molar-refractivity contribution in [2.75, 3.05) is 10.0 Å². The number of amides is 1. The Labute approximate surface area is 220 Å². The minimum atomic E-state index is -3.81. The second-order valence-electron chi connectivity index (χ2n) is 8.76. The molecule has 0 saturated heterocycles. The van der Waals surface area contributed by atoms with Crippen molar-refractivity contribution in [1.82, 2.24) is 4.57 Å². The monoisotopic (exact) mass is 529 g/mol. The number of benzene rings is 4. The van der Waals surface area contributed by atoms with Gasteiger partial charge in [0.2, 0.25) is 0 Å². The Bertz CT molecular complexity index is 1700. The quantitative estimate of drug-likeness (QED) is 0.246. The van der Waals surface area contributed by atoms with Crippen molar-refractivity contribution < 1.29 is 13.2 Å². The molecule has 5 aromatic rings. The van der Waals surface area contributed by atoms with Gasteiger partial charge in [-0.25, -0.2) is 8.42 Å². The molecule has 0 fully saturated rings. The van der Waals surface area contributed by atoms with E-state index in [1.807, 2.05) is 66.1 Å². The number of aryl methyl sites for hydroxylation is 1. The molecule has 0 saturated carbocycles. The predicted octanol–water partition coefficient (Wildman–Crippen LogP) is 6.70. The number of sulfonamides is 1. The highest BCUT2D eigenvalue weighted by atomic mass is 35.5. The molecule has 0 aliphatic heterocycles. The maximum absolute atomic E-state index is 13.3. The zero-order valence-corrected chi connectivity index (χ0v) is 21.6. The molecule has 1 heterocycles. The zero-order chi connectivity index (χ0) is 26.0. The standard InChI is InChI=1S/C29H24ClN3O3S/c1-20-6-5-7-21(16-20)19-33-27-15-12-25(32-37(35,36)26-13-10-23(30)11-14-26)17-22(27)18-28(33)29(34)31-24-8-3-2-4-9-24/h2-18,32H,19H2,1H3,(H,31,34). The van der Waals surface area contributed by atoms with Crippen LogP contribution in [0.25, 0.3) is 10.9 Å². The fraction of sp³-hybridized carbons (Fsp3) is 0.0690. The van der Waals surface area contributed by atoms with Gasteiger partial charge in [0, 0.05) is 33.8 Å². The lowest BCUT2D eigenvalue weighted by atomic mass is 10.1. The van der Waals surface area contributed by atoms with Gasteiger partial charge in [0.25, 0.3) is 15.9 Å². The number of nitrogens with zero attached hydrogens (tertiary/aromatic N) is 1. The summed E-state index contributed by atoms with van der Waals surface area (Å²) in [4.78, 5) is 13.4. The van der Waals surface area contributed by atoms with Gasteiger partial charge in [-0.15, -0.1) is 0 Å². The first-order valence-corrected chi connectivity index (χ1v) is 13.5. The van der Waals surface area contributed by atoms with Crippen molar-refractivity contribution in [3.8, 4) is 0 Å². The third kappa shape index (κ3) is 5.53. The minimum Gasteiger partial charge on any atom is -0.332 e. The van der Waals surface area contributed by atoms with Gasteiger partial charge in [0.15, 0.2) is 0 Å². The molecular formula is C29H24ClN3O3S. The van der Waals surface area contributed by atoms with E-state index in [0.717, 1.165) is 22.0 Å². The molecule has 0 spiro atoms. The predicted molar refractivity (Wildman–Crippen MR) is 149 cm³/mol. The average Bonchev–Trinajstić information content (AvgIpc) is 3.22. The van der Waals surface area contributed by atoms with E-state index in [1.54, 1.807) is 18.2 Å². The van der Waals surface area contributed by atoms with E-state index in [9.17, 15) is 13.2 Å². The number of carbonyl (C=O) groups is 1. The Morgan fingerprint density at radius 1 is 0.838 bits per heavy atom. The molecule has 0 radical (unpaired) electrons. The first kappa shape index (κ1) is 24.6. The topological polar surface area (TPSA) is 80.2 Å². The van der Waals surface area contributed by atoms with Gasteiger partial charge in [-0.3, -0.25) is 9.52 Å². The molecular weight excluding hydrogens is 506 g/mol. The lowest BCUT2D eigenvalue weighted by molar-refractivity contribution is 0.101. The summed E-state index contributed by atoms with van der Waals surface area (Å²) in [5.74, 6) is -0.252. The number of hydrogen-bond acceptors (Lipinski definition) is 3. The Hall–Kier alpha value is -4.07. The summed E-state index contributed by atoms with van der Waals surface area (Å²) in [6.45, 7) is 2.51. The van der Waals surface area contributed by atoms with Gasteiger partial charge >= 0.3 is 0 Å². The van der Waals surface area contributed by atoms with Gasteiger partial charge in [-0.1, -0.05) is 59.6 Å². The highest BCUT2D eigenvalue weighted by molar-refractivity contribution is 7.92. The van der Waals surface area contributed by atoms with Crippen LogP contribution in [0.1, 0.15) is 21.6 Å². The lowest BCUT2D eigenvalue weighted by Crippen LogP contribution is -2.17. The Morgan fingerprint density at radius 3 is 2.32 bits per heavy atom. The molecule has 1 aromatic heterocycles. The van der Waals surface area contributed by atoms with Crippen molar-refractivity contribution in [2.24, 2.45) is 0 Å². The van der Waals surface area contributed by atoms with Crippen molar-refractivity contribution in [2.45, 2.75) is 18.4 Å². The van der Waals surface area contributed by atoms with E-state index >= 15 is 0 Å². The summed E-state index contributed by atoms with van der Waals surface area (Å²) in [5, 5.41) is 4.15. The van der Waals surface area contributed by atoms with Crippen LogP contribution in [-0.2, 0) is 16.6 Å². The van der Waals surface area contributed by atoms with Crippen molar-refractivity contribution in [1.29, 1.82) is 0 Å². The summed E-state index contributed by atoms with van der Waals surface area (Å²) in [6, 6.07) is 30.4. The SMILES string of the molecule is Cc1cccc(Cn2c(C(=O)Nc3ccccc3)cc3cc(NS(=O)(=O)c4ccc(Cl)cc4)ccc32)c1. The molecule has 5 rings (SSSR count). The summed E-state index contributed by atoms with van der Waals surface area (Å²) in [5.41, 5.74) is 4.55. The van der Waals surface area contributed by atoms with Gasteiger partial charge in [0.1, 0.15) is 5.69 Å². The molecule has 2 N–H and O–H groups in total. The van der Waals surface area contributed by atoms with Crippen LogP contribution in [0.5, 0.6) is 0 Å². The maximum Gasteiger partial charge on any atom is 0.272 e. The number of nitrogens with one attached hydrogen (secondary N) is 2. The fourth-order valence-electron chi connectivity index (χ4n) is 4.23. The highest BCUT2D eigenvalue weighted by Gasteiger charge is 2.19. The largest absolute Gasteiger partial charge is 0.332 e. The first-order valence-electron chi connectivity index (χ1n) is 11.6. The molecule has 0 bridgehead atoms. The number of aromatic nitrogens is 1. The maximum atomic E-state index is 13.3. The van der Waals surface area contributed by atoms with E-state index in [0.29, 0.717) is 28.6 Å². The van der Waals surface area contributed by atoms with Crippen molar-refractivity contribution >= 4 is 49.8 Å². The molecule has 186 valence electrons. The zero-order valence-electron chi connectivity index (χ0n) is 20.0. The van der Waals surface area contributed by atoms with Crippen LogP contribution in [0.2, 0.25) is 5.02 Å². The molecule has 0 aliphatic carbocycles. The van der Waals surface area contributed by atoms with E-state index < -0.39 is 10.0 Å². The smallest absolute Gasteiger partial charge is 0.272 e. The molecule has 8 heteroatoms. The third-order valence-electron chi connectivity index (χ3n) is 5.96. The van der Waals surface area contributed by atoms with Gasteiger partial charge in [0.05, 0.1) is 4.90 Å². The van der Waals surface area contributed by atoms with Crippen LogP contribution in [0.4, 0.5) is 11.4 Å². The minimum absolute atomic E-state index is 0.108. The number of fused-ring (bicyclic) bond motifs is 1. The number of para-hydroxylation sites is 1. The second-order valence-corrected chi connectivity index (χ2v) is 10.9. The van der Waals surface area contributed by atoms with Crippen LogP contribution < -0.4 is 10.0 Å². The molecule has 4 aromatic carbocycles. The van der Waals surface area contributed by atoms with E-state index in [4.69, 9.17) is 11.6 Å². The van der Waals surface area contributed by atoms with Gasteiger partial charge in [-0.2, -0.15) is 0 Å². The second kappa shape index (κ2) is 10.1. The number of halogens is 1. The van der Waals surface area contributed by atoms with Crippen molar-refractivity contribution in [3.05, 3.63) is 125 Å². The number of hydrogen-bond donors (Lipinski definition) is 2. The van der Waals surface area contributed by atoms with E-state index in [1.165, 1.54) is 24.3 Å². The Morgan fingerprint density at radius 2 is 1.59 bits per heavy atom. The summed E-state index contributed by atoms with van der Waals surface area (Å²) >= 11 is 5.90. The lowest BCUT2D eigenvalue weighted by Gasteiger charge is -2.13. The number of rotatable bonds is 7. The summed E-state index contributed by atoms with van der Waals surface area (Å²) in [7, 11) is -3.81. The molecule has 0 atom stereocenters. The summed E-state index contributed by atoms with van der Waals surface area (Å²) < 4.78 is 30.3. The van der Waals surface area contributed by atoms with E-state index in [-0.39, 0.29) is 10.8 Å². The third-order valence-corrected chi connectivity index (χ3v) is 7.61. The first-order chi connectivity index (χ1) is 17.8.